The van der Waals surface area contributed by atoms with Crippen molar-refractivity contribution < 1.29 is 4.39 Å². The fourth-order valence-electron chi connectivity index (χ4n) is 1.73. The number of nitrogens with zero attached hydrogens (tertiary/aromatic N) is 3. The predicted molar refractivity (Wildman–Crippen MR) is 64.5 cm³/mol. The first-order valence-electron chi connectivity index (χ1n) is 5.59. The van der Waals surface area contributed by atoms with Gasteiger partial charge in [0.05, 0.1) is 5.69 Å². The van der Waals surface area contributed by atoms with Gasteiger partial charge in [0, 0.05) is 6.42 Å². The van der Waals surface area contributed by atoms with E-state index in [9.17, 15) is 4.39 Å². The number of rotatable bonds is 3. The summed E-state index contributed by atoms with van der Waals surface area (Å²) in [7, 11) is 0. The fourth-order valence-corrected chi connectivity index (χ4v) is 1.73. The Hall–Kier alpha value is -1.91. The second-order valence-electron chi connectivity index (χ2n) is 3.98. The molecule has 1 aromatic heterocycles. The van der Waals surface area contributed by atoms with Crippen LogP contribution in [0.5, 0.6) is 0 Å². The predicted octanol–water partition coefficient (Wildman–Crippen LogP) is 2.25. The van der Waals surface area contributed by atoms with Crippen LogP contribution in [-0.2, 0) is 6.42 Å². The minimum absolute atomic E-state index is 0.265. The second kappa shape index (κ2) is 4.53. The van der Waals surface area contributed by atoms with E-state index in [0.717, 1.165) is 24.1 Å². The highest BCUT2D eigenvalue weighted by Crippen LogP contribution is 2.17. The molecule has 0 aliphatic carbocycles. The van der Waals surface area contributed by atoms with Crippen molar-refractivity contribution in [2.24, 2.45) is 0 Å². The van der Waals surface area contributed by atoms with Crippen molar-refractivity contribution in [2.45, 2.75) is 26.7 Å². The van der Waals surface area contributed by atoms with Gasteiger partial charge in [0.1, 0.15) is 5.82 Å². The second-order valence-corrected chi connectivity index (χ2v) is 3.98. The molecule has 17 heavy (non-hydrogen) atoms. The molecule has 0 radical (unpaired) electrons. The van der Waals surface area contributed by atoms with E-state index in [2.05, 4.69) is 17.0 Å². The number of hydrogen-bond acceptors (Lipinski definition) is 3. The Bertz CT molecular complexity index is 533. The van der Waals surface area contributed by atoms with Crippen LogP contribution in [0, 0.1) is 12.7 Å². The zero-order chi connectivity index (χ0) is 12.4. The monoisotopic (exact) mass is 234 g/mol. The molecule has 0 aliphatic rings. The molecule has 90 valence electrons. The molecule has 0 fully saturated rings. The third kappa shape index (κ3) is 2.27. The summed E-state index contributed by atoms with van der Waals surface area (Å²) in [5, 5.41) is 4.32. The van der Waals surface area contributed by atoms with Gasteiger partial charge in [-0.3, -0.25) is 0 Å². The van der Waals surface area contributed by atoms with Crippen LogP contribution in [0.3, 0.4) is 0 Å². The van der Waals surface area contributed by atoms with E-state index in [-0.39, 0.29) is 5.82 Å². The van der Waals surface area contributed by atoms with E-state index in [1.54, 1.807) is 10.7 Å². The smallest absolute Gasteiger partial charge is 0.223 e. The highest BCUT2D eigenvalue weighted by atomic mass is 19.1. The molecular formula is C12H15FN4. The summed E-state index contributed by atoms with van der Waals surface area (Å²) in [5.74, 6) is 0.788. The van der Waals surface area contributed by atoms with Crippen LogP contribution in [0.2, 0.25) is 0 Å². The Morgan fingerprint density at radius 3 is 2.82 bits per heavy atom. The standard InChI is InChI=1S/C12H15FN4/c1-3-4-11-15-12(14)17(16-11)10-6-5-9(13)7-8(10)2/h5-7H,3-4H2,1-2H3,(H2,14,15,16). The molecule has 2 aromatic rings. The Balaban J connectivity index is 2.45. The maximum absolute atomic E-state index is 13.0. The zero-order valence-corrected chi connectivity index (χ0v) is 9.94. The molecule has 0 aliphatic heterocycles. The summed E-state index contributed by atoms with van der Waals surface area (Å²) in [6, 6.07) is 4.50. The van der Waals surface area contributed by atoms with Crippen molar-refractivity contribution >= 4 is 5.95 Å². The van der Waals surface area contributed by atoms with E-state index in [0.29, 0.717) is 11.8 Å². The number of anilines is 1. The van der Waals surface area contributed by atoms with E-state index >= 15 is 0 Å². The summed E-state index contributed by atoms with van der Waals surface area (Å²) in [4.78, 5) is 4.18. The van der Waals surface area contributed by atoms with Gasteiger partial charge in [-0.05, 0) is 37.1 Å². The first-order valence-corrected chi connectivity index (χ1v) is 5.59. The van der Waals surface area contributed by atoms with Gasteiger partial charge in [-0.1, -0.05) is 6.92 Å². The van der Waals surface area contributed by atoms with E-state index in [1.165, 1.54) is 12.1 Å². The molecule has 0 amide bonds. The van der Waals surface area contributed by atoms with Gasteiger partial charge in [-0.2, -0.15) is 9.67 Å². The Morgan fingerprint density at radius 2 is 2.18 bits per heavy atom. The minimum atomic E-state index is -0.265. The van der Waals surface area contributed by atoms with Crippen LogP contribution < -0.4 is 5.73 Å². The molecule has 2 rings (SSSR count). The number of hydrogen-bond donors (Lipinski definition) is 1. The lowest BCUT2D eigenvalue weighted by Gasteiger charge is -2.06. The van der Waals surface area contributed by atoms with Gasteiger partial charge < -0.3 is 5.73 Å². The van der Waals surface area contributed by atoms with E-state index in [4.69, 9.17) is 5.73 Å². The molecule has 5 heteroatoms. The van der Waals surface area contributed by atoms with Crippen LogP contribution in [0.25, 0.3) is 5.69 Å². The number of halogens is 1. The van der Waals surface area contributed by atoms with Crippen molar-refractivity contribution in [3.05, 3.63) is 35.4 Å². The lowest BCUT2D eigenvalue weighted by atomic mass is 10.2. The molecule has 2 N–H and O–H groups in total. The largest absolute Gasteiger partial charge is 0.368 e. The van der Waals surface area contributed by atoms with Gasteiger partial charge in [0.2, 0.25) is 5.95 Å². The molecule has 0 bridgehead atoms. The summed E-state index contributed by atoms with van der Waals surface area (Å²) in [5.41, 5.74) is 7.35. The Kier molecular flexibility index (Phi) is 3.08. The van der Waals surface area contributed by atoms with Gasteiger partial charge in [0.15, 0.2) is 5.82 Å². The molecule has 0 unspecified atom stereocenters. The lowest BCUT2D eigenvalue weighted by Crippen LogP contribution is -2.04. The molecule has 1 heterocycles. The molecular weight excluding hydrogens is 219 g/mol. The summed E-state index contributed by atoms with van der Waals surface area (Å²) < 4.78 is 14.6. The molecule has 0 saturated carbocycles. The molecule has 1 aromatic carbocycles. The van der Waals surface area contributed by atoms with Crippen LogP contribution in [0.15, 0.2) is 18.2 Å². The van der Waals surface area contributed by atoms with Crippen LogP contribution >= 0.6 is 0 Å². The van der Waals surface area contributed by atoms with Gasteiger partial charge in [-0.25, -0.2) is 4.39 Å². The maximum Gasteiger partial charge on any atom is 0.223 e. The van der Waals surface area contributed by atoms with E-state index < -0.39 is 0 Å². The SMILES string of the molecule is CCCc1nc(N)n(-c2ccc(F)cc2C)n1. The minimum Gasteiger partial charge on any atom is -0.368 e. The van der Waals surface area contributed by atoms with Crippen molar-refractivity contribution in [2.75, 3.05) is 5.73 Å². The normalized spacial score (nSPS) is 10.8. The first kappa shape index (κ1) is 11.6. The number of aromatic nitrogens is 3. The molecule has 0 saturated heterocycles. The van der Waals surface area contributed by atoms with Gasteiger partial charge >= 0.3 is 0 Å². The van der Waals surface area contributed by atoms with Crippen LogP contribution in [0.4, 0.5) is 10.3 Å². The van der Waals surface area contributed by atoms with Crippen molar-refractivity contribution in [3.8, 4) is 5.69 Å². The average Bonchev–Trinajstić information content (AvgIpc) is 2.60. The topological polar surface area (TPSA) is 56.7 Å². The highest BCUT2D eigenvalue weighted by molar-refractivity contribution is 5.43. The van der Waals surface area contributed by atoms with E-state index in [1.807, 2.05) is 6.92 Å². The quantitative estimate of drug-likeness (QED) is 0.886. The first-order chi connectivity index (χ1) is 8.11. The molecule has 0 atom stereocenters. The Labute approximate surface area is 99.3 Å². The van der Waals surface area contributed by atoms with Crippen LogP contribution in [0.1, 0.15) is 24.7 Å². The third-order valence-electron chi connectivity index (χ3n) is 2.54. The van der Waals surface area contributed by atoms with Gasteiger partial charge in [0.25, 0.3) is 0 Å². The average molecular weight is 234 g/mol. The van der Waals surface area contributed by atoms with Crippen molar-refractivity contribution in [3.63, 3.8) is 0 Å². The van der Waals surface area contributed by atoms with Crippen molar-refractivity contribution in [1.82, 2.24) is 14.8 Å². The molecule has 0 spiro atoms. The summed E-state index contributed by atoms with van der Waals surface area (Å²) >= 11 is 0. The zero-order valence-electron chi connectivity index (χ0n) is 9.94. The lowest BCUT2D eigenvalue weighted by molar-refractivity contribution is 0.625. The fraction of sp³-hybridized carbons (Fsp3) is 0.333. The number of aryl methyl sites for hydroxylation is 2. The van der Waals surface area contributed by atoms with Crippen LogP contribution in [-0.4, -0.2) is 14.8 Å². The third-order valence-corrected chi connectivity index (χ3v) is 2.54. The summed E-state index contributed by atoms with van der Waals surface area (Å²) in [6.07, 6.45) is 1.75. The van der Waals surface area contributed by atoms with Crippen molar-refractivity contribution in [1.29, 1.82) is 0 Å². The maximum atomic E-state index is 13.0. The summed E-state index contributed by atoms with van der Waals surface area (Å²) in [6.45, 7) is 3.87. The number of nitrogen functional groups attached to an aromatic ring is 1. The number of benzene rings is 1. The van der Waals surface area contributed by atoms with Gasteiger partial charge in [-0.15, -0.1) is 5.10 Å². The number of nitrogens with two attached hydrogens (primary N) is 1. The Morgan fingerprint density at radius 1 is 1.41 bits per heavy atom. The highest BCUT2D eigenvalue weighted by Gasteiger charge is 2.10. The molecule has 4 nitrogen and oxygen atoms in total.